The van der Waals surface area contributed by atoms with E-state index >= 15 is 0 Å². The van der Waals surface area contributed by atoms with Gasteiger partial charge in [-0.15, -0.1) is 0 Å². The van der Waals surface area contributed by atoms with Crippen LogP contribution in [-0.2, 0) is 9.47 Å². The van der Waals surface area contributed by atoms with Crippen LogP contribution in [-0.4, -0.2) is 37.3 Å². The molecule has 0 spiro atoms. The van der Waals surface area contributed by atoms with Gasteiger partial charge in [-0.05, 0) is 5.53 Å². The highest BCUT2D eigenvalue weighted by molar-refractivity contribution is 4.80. The molecular weight excluding hydrogens is 162 g/mol. The Morgan fingerprint density at radius 2 is 2.50 bits per heavy atom. The summed E-state index contributed by atoms with van der Waals surface area (Å²) in [5.74, 6) is 0. The highest BCUT2D eigenvalue weighted by atomic mass is 16.7. The van der Waals surface area contributed by atoms with Crippen LogP contribution in [0.5, 0.6) is 0 Å². The molecule has 6 heteroatoms. The molecule has 1 N–H and O–H groups in total. The third-order valence-corrected chi connectivity index (χ3v) is 1.79. The van der Waals surface area contributed by atoms with Crippen molar-refractivity contribution in [2.24, 2.45) is 5.11 Å². The third kappa shape index (κ3) is 2.09. The molecule has 0 amide bonds. The Hall–Kier alpha value is -0.810. The first kappa shape index (κ1) is 9.28. The first-order valence-corrected chi connectivity index (χ1v) is 3.64. The van der Waals surface area contributed by atoms with Gasteiger partial charge in [0.05, 0.1) is 18.8 Å². The number of hydrogen-bond acceptors (Lipinski definition) is 4. The maximum absolute atomic E-state index is 9.38. The molecule has 1 saturated heterocycles. The molecule has 1 heterocycles. The Kier molecular flexibility index (Phi) is 3.31. The van der Waals surface area contributed by atoms with Gasteiger partial charge in [-0.1, -0.05) is 5.11 Å². The van der Waals surface area contributed by atoms with Crippen molar-refractivity contribution in [3.8, 4) is 0 Å². The summed E-state index contributed by atoms with van der Waals surface area (Å²) < 4.78 is 9.99. The van der Waals surface area contributed by atoms with Gasteiger partial charge in [0.25, 0.3) is 0 Å². The largest absolute Gasteiger partial charge is 0.392 e. The zero-order valence-corrected chi connectivity index (χ0v) is 6.75. The third-order valence-electron chi connectivity index (χ3n) is 1.79. The van der Waals surface area contributed by atoms with Gasteiger partial charge < -0.3 is 14.6 Å². The van der Waals surface area contributed by atoms with Crippen molar-refractivity contribution in [3.63, 3.8) is 0 Å². The lowest BCUT2D eigenvalue weighted by atomic mass is 10.1. The number of azide groups is 1. The number of rotatable bonds is 2. The molecule has 1 rings (SSSR count). The normalized spacial score (nSPS) is 35.7. The Morgan fingerprint density at radius 1 is 1.75 bits per heavy atom. The van der Waals surface area contributed by atoms with Gasteiger partial charge in [-0.2, -0.15) is 0 Å². The second-order valence-electron chi connectivity index (χ2n) is 2.57. The summed E-state index contributed by atoms with van der Waals surface area (Å²) in [6.07, 6.45) is -0.704. The van der Waals surface area contributed by atoms with Crippen LogP contribution in [0.2, 0.25) is 0 Å². The van der Waals surface area contributed by atoms with Crippen molar-refractivity contribution < 1.29 is 14.6 Å². The topological polar surface area (TPSA) is 87.5 Å². The van der Waals surface area contributed by atoms with E-state index in [1.807, 2.05) is 0 Å². The van der Waals surface area contributed by atoms with E-state index < -0.39 is 12.1 Å². The summed E-state index contributed by atoms with van der Waals surface area (Å²) >= 11 is 0. The minimum Gasteiger partial charge on any atom is -0.392 e. The second-order valence-corrected chi connectivity index (χ2v) is 2.57. The van der Waals surface area contributed by atoms with E-state index in [-0.39, 0.29) is 12.9 Å². The van der Waals surface area contributed by atoms with Crippen LogP contribution in [0.1, 0.15) is 6.42 Å². The summed E-state index contributed by atoms with van der Waals surface area (Å²) in [6.45, 7) is 0.212. The predicted octanol–water partition coefficient (Wildman–Crippen LogP) is 0.419. The van der Waals surface area contributed by atoms with Gasteiger partial charge in [0.15, 0.2) is 6.29 Å². The van der Waals surface area contributed by atoms with Crippen molar-refractivity contribution >= 4 is 0 Å². The Labute approximate surface area is 69.7 Å². The average molecular weight is 173 g/mol. The quantitative estimate of drug-likeness (QED) is 0.373. The van der Waals surface area contributed by atoms with Crippen molar-refractivity contribution in [1.29, 1.82) is 0 Å². The Balaban J connectivity index is 2.47. The first-order chi connectivity index (χ1) is 5.77. The van der Waals surface area contributed by atoms with Crippen LogP contribution in [0, 0.1) is 0 Å². The van der Waals surface area contributed by atoms with E-state index in [0.717, 1.165) is 0 Å². The lowest BCUT2D eigenvalue weighted by Gasteiger charge is -2.29. The molecule has 6 nitrogen and oxygen atoms in total. The van der Waals surface area contributed by atoms with Crippen LogP contribution in [0.15, 0.2) is 5.11 Å². The maximum atomic E-state index is 9.38. The highest BCUT2D eigenvalue weighted by Gasteiger charge is 2.28. The van der Waals surface area contributed by atoms with E-state index in [4.69, 9.17) is 15.0 Å². The van der Waals surface area contributed by atoms with Gasteiger partial charge in [-0.25, -0.2) is 0 Å². The molecule has 1 fully saturated rings. The van der Waals surface area contributed by atoms with Crippen molar-refractivity contribution in [1.82, 2.24) is 0 Å². The predicted molar refractivity (Wildman–Crippen MR) is 40.3 cm³/mol. The molecular formula is C6H11N3O3. The van der Waals surface area contributed by atoms with Crippen LogP contribution in [0.3, 0.4) is 0 Å². The van der Waals surface area contributed by atoms with E-state index in [9.17, 15) is 5.11 Å². The lowest BCUT2D eigenvalue weighted by Crippen LogP contribution is -2.40. The number of hydrogen-bond donors (Lipinski definition) is 1. The number of nitrogens with zero attached hydrogens (tertiary/aromatic N) is 3. The fourth-order valence-electron chi connectivity index (χ4n) is 1.08. The summed E-state index contributed by atoms with van der Waals surface area (Å²) in [5, 5.41) is 12.8. The Morgan fingerprint density at radius 3 is 3.00 bits per heavy atom. The summed E-state index contributed by atoms with van der Waals surface area (Å²) in [5.41, 5.74) is 8.12. The summed E-state index contributed by atoms with van der Waals surface area (Å²) in [7, 11) is 1.51. The molecule has 0 aliphatic carbocycles. The molecule has 0 unspecified atom stereocenters. The number of methoxy groups -OCH3 is 1. The standard InChI is InChI=1S/C6H11N3O3/c1-11-6-2-5(10)4(3-12-6)8-9-7/h4-6,10H,2-3H2,1H3/t4-,5-,6+/m0/s1. The SMILES string of the molecule is CO[C@H]1C[C@H](O)[C@@H](N=[N+]=[N-])CO1. The van der Waals surface area contributed by atoms with Gasteiger partial charge in [-0.3, -0.25) is 0 Å². The van der Waals surface area contributed by atoms with E-state index in [1.165, 1.54) is 7.11 Å². The average Bonchev–Trinajstić information content (AvgIpc) is 2.09. The maximum Gasteiger partial charge on any atom is 0.159 e. The highest BCUT2D eigenvalue weighted by Crippen LogP contribution is 2.17. The van der Waals surface area contributed by atoms with Crippen molar-refractivity contribution in [2.75, 3.05) is 13.7 Å². The molecule has 0 aromatic heterocycles. The minimum absolute atomic E-state index is 0.212. The van der Waals surface area contributed by atoms with E-state index in [0.29, 0.717) is 6.42 Å². The lowest BCUT2D eigenvalue weighted by molar-refractivity contribution is -0.176. The molecule has 1 aliphatic rings. The molecule has 0 bridgehead atoms. The second kappa shape index (κ2) is 4.27. The zero-order chi connectivity index (χ0) is 8.97. The summed E-state index contributed by atoms with van der Waals surface area (Å²) in [6, 6.07) is -0.485. The first-order valence-electron chi connectivity index (χ1n) is 3.64. The molecule has 3 atom stereocenters. The van der Waals surface area contributed by atoms with Gasteiger partial charge >= 0.3 is 0 Å². The van der Waals surface area contributed by atoms with Gasteiger partial charge in [0.2, 0.25) is 0 Å². The summed E-state index contributed by atoms with van der Waals surface area (Å²) in [4.78, 5) is 2.60. The molecule has 1 aliphatic heterocycles. The van der Waals surface area contributed by atoms with Gasteiger partial charge in [0, 0.05) is 18.4 Å². The fraction of sp³-hybridized carbons (Fsp3) is 1.00. The van der Waals surface area contributed by atoms with Crippen LogP contribution in [0.4, 0.5) is 0 Å². The van der Waals surface area contributed by atoms with E-state index in [2.05, 4.69) is 10.0 Å². The van der Waals surface area contributed by atoms with Crippen molar-refractivity contribution in [3.05, 3.63) is 10.4 Å². The molecule has 0 radical (unpaired) electrons. The molecule has 0 aromatic carbocycles. The molecule has 0 aromatic rings. The Bertz CT molecular complexity index is 192. The molecule has 0 saturated carbocycles. The molecule has 12 heavy (non-hydrogen) atoms. The smallest absolute Gasteiger partial charge is 0.159 e. The fourth-order valence-corrected chi connectivity index (χ4v) is 1.08. The minimum atomic E-state index is -0.667. The zero-order valence-electron chi connectivity index (χ0n) is 6.75. The van der Waals surface area contributed by atoms with Crippen LogP contribution < -0.4 is 0 Å². The van der Waals surface area contributed by atoms with Gasteiger partial charge in [0.1, 0.15) is 0 Å². The van der Waals surface area contributed by atoms with Crippen LogP contribution in [0.25, 0.3) is 10.4 Å². The number of ether oxygens (including phenoxy) is 2. The van der Waals surface area contributed by atoms with Crippen LogP contribution >= 0.6 is 0 Å². The van der Waals surface area contributed by atoms with E-state index in [1.54, 1.807) is 0 Å². The number of aliphatic hydroxyl groups excluding tert-OH is 1. The van der Waals surface area contributed by atoms with Crippen molar-refractivity contribution in [2.45, 2.75) is 24.9 Å². The molecule has 68 valence electrons. The number of aliphatic hydroxyl groups is 1. The monoisotopic (exact) mass is 173 g/mol.